The van der Waals surface area contributed by atoms with Crippen molar-refractivity contribution < 1.29 is 9.53 Å². The molecule has 6 heteroatoms. The van der Waals surface area contributed by atoms with Crippen molar-refractivity contribution in [1.29, 1.82) is 5.26 Å². The van der Waals surface area contributed by atoms with Gasteiger partial charge in [-0.2, -0.15) is 5.26 Å². The molecule has 0 spiro atoms. The maximum atomic E-state index is 12.4. The average molecular weight is 316 g/mol. The first-order chi connectivity index (χ1) is 10.9. The molecule has 0 aliphatic carbocycles. The van der Waals surface area contributed by atoms with Crippen LogP contribution in [0.1, 0.15) is 45.6 Å². The van der Waals surface area contributed by atoms with Gasteiger partial charge in [-0.3, -0.25) is 0 Å². The smallest absolute Gasteiger partial charge is 0.410 e. The fourth-order valence-electron chi connectivity index (χ4n) is 2.59. The molecule has 1 aromatic heterocycles. The maximum Gasteiger partial charge on any atom is 0.410 e. The molecule has 0 aromatic carbocycles. The second-order valence-corrected chi connectivity index (χ2v) is 6.75. The van der Waals surface area contributed by atoms with E-state index in [0.717, 1.165) is 19.3 Å². The zero-order chi connectivity index (χ0) is 16.9. The van der Waals surface area contributed by atoms with Crippen LogP contribution in [-0.2, 0) is 4.74 Å². The van der Waals surface area contributed by atoms with Gasteiger partial charge in [-0.15, -0.1) is 0 Å². The van der Waals surface area contributed by atoms with Gasteiger partial charge in [-0.25, -0.2) is 9.78 Å². The monoisotopic (exact) mass is 316 g/mol. The minimum atomic E-state index is -0.491. The van der Waals surface area contributed by atoms with Gasteiger partial charge in [0.15, 0.2) is 0 Å². The van der Waals surface area contributed by atoms with Crippen molar-refractivity contribution in [3.63, 3.8) is 0 Å². The topological polar surface area (TPSA) is 78.2 Å². The number of hydrogen-bond acceptors (Lipinski definition) is 5. The van der Waals surface area contributed by atoms with Crippen molar-refractivity contribution in [2.24, 2.45) is 0 Å². The number of nitrogens with zero attached hydrogens (tertiary/aromatic N) is 3. The highest BCUT2D eigenvalue weighted by atomic mass is 16.6. The Bertz CT molecular complexity index is 589. The first kappa shape index (κ1) is 17.1. The van der Waals surface area contributed by atoms with Crippen LogP contribution in [0.15, 0.2) is 18.3 Å². The van der Waals surface area contributed by atoms with Crippen LogP contribution in [0.3, 0.4) is 0 Å². The molecule has 1 amide bonds. The predicted molar refractivity (Wildman–Crippen MR) is 88.0 cm³/mol. The van der Waals surface area contributed by atoms with Gasteiger partial charge in [0.2, 0.25) is 0 Å². The van der Waals surface area contributed by atoms with Crippen LogP contribution in [-0.4, -0.2) is 40.7 Å². The largest absolute Gasteiger partial charge is 0.444 e. The Morgan fingerprint density at radius 1 is 1.52 bits per heavy atom. The molecule has 1 aliphatic heterocycles. The van der Waals surface area contributed by atoms with E-state index in [0.29, 0.717) is 24.5 Å². The number of rotatable bonds is 3. The summed E-state index contributed by atoms with van der Waals surface area (Å²) in [6.45, 7) is 6.94. The second kappa shape index (κ2) is 7.32. The highest BCUT2D eigenvalue weighted by Gasteiger charge is 2.30. The lowest BCUT2D eigenvalue weighted by atomic mass is 10.0. The summed E-state index contributed by atoms with van der Waals surface area (Å²) in [6.07, 6.45) is 4.37. The van der Waals surface area contributed by atoms with E-state index in [9.17, 15) is 4.79 Å². The van der Waals surface area contributed by atoms with Crippen molar-refractivity contribution in [2.75, 3.05) is 18.4 Å². The van der Waals surface area contributed by atoms with Crippen LogP contribution < -0.4 is 5.32 Å². The van der Waals surface area contributed by atoms with Crippen molar-refractivity contribution in [3.05, 3.63) is 23.9 Å². The number of nitriles is 1. The lowest BCUT2D eigenvalue weighted by Gasteiger charge is -2.36. The first-order valence-corrected chi connectivity index (χ1v) is 7.99. The normalized spacial score (nSPS) is 18.2. The molecule has 0 saturated carbocycles. The highest BCUT2D eigenvalue weighted by Crippen LogP contribution is 2.21. The lowest BCUT2D eigenvalue weighted by Crippen LogP contribution is -2.48. The molecule has 2 heterocycles. The number of ether oxygens (including phenoxy) is 1. The number of amides is 1. The van der Waals surface area contributed by atoms with Gasteiger partial charge in [0.05, 0.1) is 17.7 Å². The molecule has 1 fully saturated rings. The Morgan fingerprint density at radius 2 is 2.30 bits per heavy atom. The number of aromatic nitrogens is 1. The number of hydrogen-bond donors (Lipinski definition) is 1. The Hall–Kier alpha value is -2.29. The van der Waals surface area contributed by atoms with Crippen LogP contribution in [0.2, 0.25) is 0 Å². The molecule has 1 unspecified atom stereocenters. The summed E-state index contributed by atoms with van der Waals surface area (Å²) >= 11 is 0. The summed E-state index contributed by atoms with van der Waals surface area (Å²) in [5.41, 5.74) is 0.0741. The number of likely N-dealkylation sites (tertiary alicyclic amines) is 1. The standard InChI is InChI=1S/C17H24N4O2/c1-17(2,3)23-16(22)21-9-5-4-6-14(21)12-20-15-10-13(11-18)7-8-19-15/h7-8,10,14H,4-6,9,12H2,1-3H3,(H,19,20). The van der Waals surface area contributed by atoms with Crippen LogP contribution >= 0.6 is 0 Å². The van der Waals surface area contributed by atoms with E-state index in [2.05, 4.69) is 16.4 Å². The number of anilines is 1. The Morgan fingerprint density at radius 3 is 3.00 bits per heavy atom. The summed E-state index contributed by atoms with van der Waals surface area (Å²) in [4.78, 5) is 18.4. The lowest BCUT2D eigenvalue weighted by molar-refractivity contribution is 0.0114. The van der Waals surface area contributed by atoms with Crippen molar-refractivity contribution in [2.45, 2.75) is 51.7 Å². The van der Waals surface area contributed by atoms with Gasteiger partial charge < -0.3 is 15.0 Å². The van der Waals surface area contributed by atoms with Crippen molar-refractivity contribution >= 4 is 11.9 Å². The molecule has 1 aromatic rings. The van der Waals surface area contributed by atoms with E-state index in [1.807, 2.05) is 20.8 Å². The number of piperidine rings is 1. The zero-order valence-corrected chi connectivity index (χ0v) is 14.0. The molecule has 1 saturated heterocycles. The summed E-state index contributed by atoms with van der Waals surface area (Å²) in [7, 11) is 0. The highest BCUT2D eigenvalue weighted by molar-refractivity contribution is 5.68. The molecule has 23 heavy (non-hydrogen) atoms. The Balaban J connectivity index is 1.98. The van der Waals surface area contributed by atoms with Crippen molar-refractivity contribution in [1.82, 2.24) is 9.88 Å². The number of carbonyl (C=O) groups is 1. The average Bonchev–Trinajstić information content (AvgIpc) is 2.52. The third-order valence-corrected chi connectivity index (χ3v) is 3.66. The van der Waals surface area contributed by atoms with E-state index in [-0.39, 0.29) is 12.1 Å². The van der Waals surface area contributed by atoms with Crippen LogP contribution in [0.4, 0.5) is 10.6 Å². The van der Waals surface area contributed by atoms with E-state index < -0.39 is 5.60 Å². The van der Waals surface area contributed by atoms with Gasteiger partial charge in [0.1, 0.15) is 11.4 Å². The quantitative estimate of drug-likeness (QED) is 0.926. The zero-order valence-electron chi connectivity index (χ0n) is 14.0. The molecule has 0 radical (unpaired) electrons. The minimum absolute atomic E-state index is 0.0751. The van der Waals surface area contributed by atoms with Crippen molar-refractivity contribution in [3.8, 4) is 6.07 Å². The van der Waals surface area contributed by atoms with Gasteiger partial charge >= 0.3 is 6.09 Å². The molecule has 2 rings (SSSR count). The first-order valence-electron chi connectivity index (χ1n) is 7.99. The van der Waals surface area contributed by atoms with Crippen LogP contribution in [0.5, 0.6) is 0 Å². The molecular formula is C17H24N4O2. The van der Waals surface area contributed by atoms with Gasteiger partial charge in [0.25, 0.3) is 0 Å². The summed E-state index contributed by atoms with van der Waals surface area (Å²) in [5.74, 6) is 0.652. The van der Waals surface area contributed by atoms with E-state index in [1.54, 1.807) is 23.2 Å². The van der Waals surface area contributed by atoms with E-state index in [4.69, 9.17) is 10.00 Å². The van der Waals surface area contributed by atoms with Crippen LogP contribution in [0, 0.1) is 11.3 Å². The molecule has 1 N–H and O–H groups in total. The van der Waals surface area contributed by atoms with E-state index in [1.165, 1.54) is 0 Å². The molecule has 124 valence electrons. The number of carbonyl (C=O) groups excluding carboxylic acids is 1. The summed E-state index contributed by atoms with van der Waals surface area (Å²) < 4.78 is 5.50. The summed E-state index contributed by atoms with van der Waals surface area (Å²) in [5, 5.41) is 12.2. The number of pyridine rings is 1. The third-order valence-electron chi connectivity index (χ3n) is 3.66. The third kappa shape index (κ3) is 5.13. The molecule has 0 bridgehead atoms. The second-order valence-electron chi connectivity index (χ2n) is 6.75. The predicted octanol–water partition coefficient (Wildman–Crippen LogP) is 3.15. The minimum Gasteiger partial charge on any atom is -0.444 e. The maximum absolute atomic E-state index is 12.4. The van der Waals surface area contributed by atoms with Gasteiger partial charge in [0, 0.05) is 19.3 Å². The number of nitrogens with one attached hydrogen (secondary N) is 1. The summed E-state index contributed by atoms with van der Waals surface area (Å²) in [6, 6.07) is 5.54. The molecular weight excluding hydrogens is 292 g/mol. The fraction of sp³-hybridized carbons (Fsp3) is 0.588. The Kier molecular flexibility index (Phi) is 5.43. The Labute approximate surface area is 137 Å². The van der Waals surface area contributed by atoms with E-state index >= 15 is 0 Å². The molecule has 1 aliphatic rings. The van der Waals surface area contributed by atoms with Crippen LogP contribution in [0.25, 0.3) is 0 Å². The molecule has 6 nitrogen and oxygen atoms in total. The fourth-order valence-corrected chi connectivity index (χ4v) is 2.59. The van der Waals surface area contributed by atoms with Gasteiger partial charge in [-0.1, -0.05) is 0 Å². The SMILES string of the molecule is CC(C)(C)OC(=O)N1CCCCC1CNc1cc(C#N)ccn1. The molecule has 1 atom stereocenters. The van der Waals surface area contributed by atoms with Gasteiger partial charge in [-0.05, 0) is 52.2 Å².